The molecule has 0 radical (unpaired) electrons. The van der Waals surface area contributed by atoms with Crippen molar-refractivity contribution in [2.45, 2.75) is 40.3 Å². The molecule has 3 aromatic carbocycles. The molecular formula is C33H30FIN2O5S. The first-order chi connectivity index (χ1) is 20.7. The molecule has 1 atom stereocenters. The van der Waals surface area contributed by atoms with Crippen LogP contribution < -0.4 is 24.4 Å². The average Bonchev–Trinajstić information content (AvgIpc) is 3.27. The molecule has 0 saturated heterocycles. The van der Waals surface area contributed by atoms with E-state index in [1.54, 1.807) is 36.6 Å². The van der Waals surface area contributed by atoms with E-state index in [9.17, 15) is 14.0 Å². The van der Waals surface area contributed by atoms with E-state index in [4.69, 9.17) is 14.2 Å². The Hall–Kier alpha value is -3.77. The number of esters is 1. The predicted octanol–water partition coefficient (Wildman–Crippen LogP) is 5.83. The highest BCUT2D eigenvalue weighted by molar-refractivity contribution is 14.1. The van der Waals surface area contributed by atoms with Crippen molar-refractivity contribution in [2.24, 2.45) is 4.99 Å². The van der Waals surface area contributed by atoms with Crippen molar-refractivity contribution < 1.29 is 23.4 Å². The molecule has 1 aliphatic heterocycles. The van der Waals surface area contributed by atoms with Crippen LogP contribution in [-0.2, 0) is 16.1 Å². The van der Waals surface area contributed by atoms with Crippen LogP contribution in [-0.4, -0.2) is 23.8 Å². The summed E-state index contributed by atoms with van der Waals surface area (Å²) >= 11 is 3.44. The summed E-state index contributed by atoms with van der Waals surface area (Å²) in [5.41, 5.74) is 4.05. The monoisotopic (exact) mass is 712 g/mol. The number of benzene rings is 3. The molecule has 0 amide bonds. The van der Waals surface area contributed by atoms with Gasteiger partial charge in [-0.15, -0.1) is 0 Å². The van der Waals surface area contributed by atoms with Gasteiger partial charge in [0.15, 0.2) is 16.3 Å². The second-order valence-corrected chi connectivity index (χ2v) is 12.1. The summed E-state index contributed by atoms with van der Waals surface area (Å²) in [4.78, 5) is 32.2. The van der Waals surface area contributed by atoms with Gasteiger partial charge in [0.1, 0.15) is 12.4 Å². The highest BCUT2D eigenvalue weighted by atomic mass is 127. The van der Waals surface area contributed by atoms with E-state index >= 15 is 0 Å². The van der Waals surface area contributed by atoms with Crippen LogP contribution in [0.2, 0.25) is 0 Å². The maximum absolute atomic E-state index is 14.0. The van der Waals surface area contributed by atoms with Gasteiger partial charge in [0.25, 0.3) is 5.56 Å². The van der Waals surface area contributed by atoms with E-state index < -0.39 is 12.0 Å². The molecule has 0 N–H and O–H groups in total. The molecule has 7 nitrogen and oxygen atoms in total. The number of aromatic nitrogens is 1. The number of hydrogen-bond donors (Lipinski definition) is 0. The fourth-order valence-electron chi connectivity index (χ4n) is 4.82. The molecule has 43 heavy (non-hydrogen) atoms. The lowest BCUT2D eigenvalue weighted by molar-refractivity contribution is -0.139. The molecule has 0 unspecified atom stereocenters. The summed E-state index contributed by atoms with van der Waals surface area (Å²) in [5, 5.41) is 0. The Morgan fingerprint density at radius 3 is 2.44 bits per heavy atom. The van der Waals surface area contributed by atoms with Crippen molar-refractivity contribution in [2.75, 3.05) is 13.2 Å². The number of ether oxygens (including phenoxy) is 3. The van der Waals surface area contributed by atoms with Crippen LogP contribution in [0.5, 0.6) is 11.5 Å². The molecule has 0 bridgehead atoms. The zero-order chi connectivity index (χ0) is 30.7. The van der Waals surface area contributed by atoms with Crippen LogP contribution in [0, 0.1) is 16.3 Å². The van der Waals surface area contributed by atoms with E-state index in [0.29, 0.717) is 38.7 Å². The number of aryl methyl sites for hydroxylation is 1. The molecular weight excluding hydrogens is 682 g/mol. The standard InChI is InChI=1S/C33H30FIN2O5S/c1-5-40-26-16-22(15-25(35)30(26)42-18-21-9-13-24(34)14-10-21)17-27-31(38)37-29(23-11-7-19(3)8-12-23)28(32(39)41-6-2)20(4)36-33(37)43-27/h7-17,29H,5-6,18H2,1-4H3/b27-17+/t29-/m1/s1. The highest BCUT2D eigenvalue weighted by Gasteiger charge is 2.33. The third-order valence-corrected chi connectivity index (χ3v) is 8.62. The van der Waals surface area contributed by atoms with E-state index in [-0.39, 0.29) is 24.6 Å². The van der Waals surface area contributed by atoms with Crippen molar-refractivity contribution >= 4 is 46.0 Å². The minimum atomic E-state index is -0.667. The summed E-state index contributed by atoms with van der Waals surface area (Å²) < 4.78 is 33.5. The van der Waals surface area contributed by atoms with Gasteiger partial charge in [0.05, 0.1) is 38.6 Å². The molecule has 0 fully saturated rings. The van der Waals surface area contributed by atoms with Crippen LogP contribution in [0.15, 0.2) is 81.7 Å². The number of carbonyl (C=O) groups excluding carboxylic acids is 1. The van der Waals surface area contributed by atoms with Gasteiger partial charge in [-0.25, -0.2) is 14.2 Å². The largest absolute Gasteiger partial charge is 0.490 e. The van der Waals surface area contributed by atoms with Gasteiger partial charge in [0.2, 0.25) is 0 Å². The second-order valence-electron chi connectivity index (χ2n) is 9.89. The molecule has 0 aliphatic carbocycles. The average molecular weight is 713 g/mol. The minimum absolute atomic E-state index is 0.213. The first-order valence-electron chi connectivity index (χ1n) is 13.8. The van der Waals surface area contributed by atoms with Crippen LogP contribution in [0.4, 0.5) is 4.39 Å². The van der Waals surface area contributed by atoms with E-state index in [1.165, 1.54) is 23.5 Å². The van der Waals surface area contributed by atoms with Gasteiger partial charge >= 0.3 is 5.97 Å². The zero-order valence-electron chi connectivity index (χ0n) is 24.1. The van der Waals surface area contributed by atoms with Crippen LogP contribution >= 0.6 is 33.9 Å². The Kier molecular flexibility index (Phi) is 9.46. The van der Waals surface area contributed by atoms with E-state index in [2.05, 4.69) is 27.6 Å². The lowest BCUT2D eigenvalue weighted by Gasteiger charge is -2.24. The lowest BCUT2D eigenvalue weighted by atomic mass is 9.95. The number of carbonyl (C=O) groups is 1. The highest BCUT2D eigenvalue weighted by Crippen LogP contribution is 2.35. The fourth-order valence-corrected chi connectivity index (χ4v) is 6.65. The molecule has 4 aromatic rings. The van der Waals surface area contributed by atoms with Crippen LogP contribution in [0.1, 0.15) is 49.1 Å². The molecule has 2 heterocycles. The number of thiazole rings is 1. The van der Waals surface area contributed by atoms with Crippen molar-refractivity contribution in [1.29, 1.82) is 0 Å². The van der Waals surface area contributed by atoms with Crippen molar-refractivity contribution in [3.05, 3.63) is 123 Å². The van der Waals surface area contributed by atoms with Crippen molar-refractivity contribution in [3.8, 4) is 11.5 Å². The summed E-state index contributed by atoms with van der Waals surface area (Å²) in [7, 11) is 0. The smallest absolute Gasteiger partial charge is 0.338 e. The Bertz CT molecular complexity index is 1880. The van der Waals surface area contributed by atoms with Crippen LogP contribution in [0.3, 0.4) is 0 Å². The van der Waals surface area contributed by atoms with Crippen molar-refractivity contribution in [3.63, 3.8) is 0 Å². The third kappa shape index (κ3) is 6.59. The maximum Gasteiger partial charge on any atom is 0.338 e. The summed E-state index contributed by atoms with van der Waals surface area (Å²) in [5.74, 6) is 0.309. The SMILES string of the molecule is CCOC(=O)C1=C(C)N=c2s/c(=C/c3cc(I)c(OCc4ccc(F)cc4)c(OCC)c3)c(=O)n2[C@@H]1c1ccc(C)cc1. The van der Waals surface area contributed by atoms with Gasteiger partial charge < -0.3 is 14.2 Å². The molecule has 0 saturated carbocycles. The minimum Gasteiger partial charge on any atom is -0.490 e. The Morgan fingerprint density at radius 2 is 1.77 bits per heavy atom. The first kappa shape index (κ1) is 30.7. The lowest BCUT2D eigenvalue weighted by Crippen LogP contribution is -2.39. The van der Waals surface area contributed by atoms with Gasteiger partial charge in [-0.05, 0) is 97.3 Å². The maximum atomic E-state index is 14.0. The summed E-state index contributed by atoms with van der Waals surface area (Å²) in [6, 6.07) is 17.0. The number of nitrogens with zero attached hydrogens (tertiary/aromatic N) is 2. The fraction of sp³-hybridized carbons (Fsp3) is 0.242. The Labute approximate surface area is 266 Å². The normalized spacial score (nSPS) is 14.7. The first-order valence-corrected chi connectivity index (χ1v) is 15.7. The van der Waals surface area contributed by atoms with Gasteiger partial charge in [-0.1, -0.05) is 53.3 Å². The van der Waals surface area contributed by atoms with Gasteiger partial charge in [-0.3, -0.25) is 9.36 Å². The summed E-state index contributed by atoms with van der Waals surface area (Å²) in [6.45, 7) is 8.27. The Morgan fingerprint density at radius 1 is 1.05 bits per heavy atom. The molecule has 1 aliphatic rings. The number of halogens is 2. The Balaban J connectivity index is 1.58. The third-order valence-electron chi connectivity index (χ3n) is 6.84. The molecule has 0 spiro atoms. The van der Waals surface area contributed by atoms with Crippen LogP contribution in [0.25, 0.3) is 6.08 Å². The topological polar surface area (TPSA) is 79.1 Å². The van der Waals surface area contributed by atoms with E-state index in [0.717, 1.165) is 25.8 Å². The number of hydrogen-bond acceptors (Lipinski definition) is 7. The number of rotatable bonds is 9. The van der Waals surface area contributed by atoms with E-state index in [1.807, 2.05) is 50.2 Å². The molecule has 10 heteroatoms. The second kappa shape index (κ2) is 13.3. The quantitative estimate of drug-likeness (QED) is 0.161. The molecule has 222 valence electrons. The van der Waals surface area contributed by atoms with Gasteiger partial charge in [-0.2, -0.15) is 0 Å². The summed E-state index contributed by atoms with van der Waals surface area (Å²) in [6.07, 6.45) is 1.80. The number of fused-ring (bicyclic) bond motifs is 1. The molecule has 1 aromatic heterocycles. The predicted molar refractivity (Wildman–Crippen MR) is 173 cm³/mol. The number of allylic oxidation sites excluding steroid dienone is 1. The van der Waals surface area contributed by atoms with Crippen molar-refractivity contribution in [1.82, 2.24) is 4.57 Å². The zero-order valence-corrected chi connectivity index (χ0v) is 27.1. The molecule has 5 rings (SSSR count). The van der Waals surface area contributed by atoms with Gasteiger partial charge in [0, 0.05) is 0 Å².